The van der Waals surface area contributed by atoms with Gasteiger partial charge in [-0.2, -0.15) is 0 Å². The van der Waals surface area contributed by atoms with Crippen molar-refractivity contribution >= 4 is 32.3 Å². The minimum absolute atomic E-state index is 0.564. The lowest BCUT2D eigenvalue weighted by molar-refractivity contribution is 0.0722. The van der Waals surface area contributed by atoms with E-state index in [1.807, 2.05) is 48.5 Å². The number of hydrogen-bond acceptors (Lipinski definition) is 3. The molecule has 0 spiro atoms. The van der Waals surface area contributed by atoms with Crippen LogP contribution in [-0.2, 0) is 5.60 Å². The summed E-state index contributed by atoms with van der Waals surface area (Å²) >= 11 is 1.56. The summed E-state index contributed by atoms with van der Waals surface area (Å²) < 4.78 is 1.09. The molecule has 0 fully saturated rings. The van der Waals surface area contributed by atoms with Crippen LogP contribution in [-0.4, -0.2) is 10.1 Å². The number of thiazole rings is 1. The zero-order valence-corrected chi connectivity index (χ0v) is 14.7. The number of rotatable bonds is 5. The quantitative estimate of drug-likeness (QED) is 0.474. The number of allylic oxidation sites excluding steroid dienone is 1. The van der Waals surface area contributed by atoms with Gasteiger partial charge in [0.15, 0.2) is 0 Å². The van der Waals surface area contributed by atoms with Gasteiger partial charge in [0.1, 0.15) is 10.6 Å². The van der Waals surface area contributed by atoms with Crippen LogP contribution in [0, 0.1) is 0 Å². The highest BCUT2D eigenvalue weighted by Crippen LogP contribution is 2.39. The zero-order chi connectivity index (χ0) is 17.3. The number of fused-ring (bicyclic) bond motifs is 2. The van der Waals surface area contributed by atoms with E-state index in [2.05, 4.69) is 30.8 Å². The summed E-state index contributed by atoms with van der Waals surface area (Å²) in [5, 5.41) is 14.7. The Hall–Kier alpha value is -2.49. The summed E-state index contributed by atoms with van der Waals surface area (Å²) in [7, 11) is 0. The molecule has 0 radical (unpaired) electrons. The molecular weight excluding hydrogens is 326 g/mol. The van der Waals surface area contributed by atoms with Crippen molar-refractivity contribution in [1.82, 2.24) is 4.98 Å². The lowest BCUT2D eigenvalue weighted by Gasteiger charge is -2.26. The summed E-state index contributed by atoms with van der Waals surface area (Å²) in [6, 6.07) is 22.4. The van der Waals surface area contributed by atoms with Gasteiger partial charge in [0.25, 0.3) is 0 Å². The zero-order valence-electron chi connectivity index (χ0n) is 13.9. The third kappa shape index (κ3) is 2.86. The summed E-state index contributed by atoms with van der Waals surface area (Å²) in [4.78, 5) is 4.73. The van der Waals surface area contributed by atoms with Crippen LogP contribution in [0.2, 0.25) is 0 Å². The monoisotopic (exact) mass is 345 g/mol. The fourth-order valence-electron chi connectivity index (χ4n) is 3.18. The molecule has 0 saturated heterocycles. The topological polar surface area (TPSA) is 33.1 Å². The summed E-state index contributed by atoms with van der Waals surface area (Å²) in [6.07, 6.45) is 3.13. The minimum atomic E-state index is -1.11. The van der Waals surface area contributed by atoms with Crippen molar-refractivity contribution in [3.63, 3.8) is 0 Å². The van der Waals surface area contributed by atoms with E-state index >= 15 is 0 Å². The highest BCUT2D eigenvalue weighted by Gasteiger charge is 2.34. The van der Waals surface area contributed by atoms with Gasteiger partial charge in [-0.15, -0.1) is 17.9 Å². The molecule has 4 rings (SSSR count). The SMILES string of the molecule is C=CCCC(O)(c1ccc2ccccc2c1)c1nc2ccccc2s1. The average Bonchev–Trinajstić information content (AvgIpc) is 3.10. The smallest absolute Gasteiger partial charge is 0.141 e. The Bertz CT molecular complexity index is 1020. The normalized spacial score (nSPS) is 13.8. The highest BCUT2D eigenvalue weighted by molar-refractivity contribution is 7.18. The molecule has 25 heavy (non-hydrogen) atoms. The average molecular weight is 345 g/mol. The van der Waals surface area contributed by atoms with Gasteiger partial charge in [0.05, 0.1) is 10.2 Å². The predicted octanol–water partition coefficient (Wildman–Crippen LogP) is 5.65. The second-order valence-corrected chi connectivity index (χ2v) is 7.27. The number of nitrogens with zero attached hydrogens (tertiary/aromatic N) is 1. The molecule has 0 aliphatic carbocycles. The molecule has 1 heterocycles. The van der Waals surface area contributed by atoms with Gasteiger partial charge in [0, 0.05) is 0 Å². The molecular formula is C22H19NOS. The van der Waals surface area contributed by atoms with E-state index in [4.69, 9.17) is 4.98 Å². The van der Waals surface area contributed by atoms with Crippen LogP contribution in [0.1, 0.15) is 23.4 Å². The van der Waals surface area contributed by atoms with Crippen molar-refractivity contribution in [3.05, 3.63) is 90.0 Å². The molecule has 0 bridgehead atoms. The second-order valence-electron chi connectivity index (χ2n) is 6.24. The Labute approximate surface area is 151 Å². The molecule has 1 aromatic heterocycles. The maximum atomic E-state index is 11.6. The third-order valence-electron chi connectivity index (χ3n) is 4.58. The molecule has 4 aromatic rings. The van der Waals surface area contributed by atoms with Gasteiger partial charge in [-0.3, -0.25) is 0 Å². The standard InChI is InChI=1S/C22H19NOS/c1-2-3-14-22(24,21-23-19-10-6-7-11-20(19)25-21)18-13-12-16-8-4-5-9-17(16)15-18/h2,4-13,15,24H,1,3,14H2. The fraction of sp³-hybridized carbons (Fsp3) is 0.136. The summed E-state index contributed by atoms with van der Waals surface area (Å²) in [6.45, 7) is 3.82. The van der Waals surface area contributed by atoms with Crippen LogP contribution in [0.3, 0.4) is 0 Å². The number of para-hydroxylation sites is 1. The molecule has 3 heteroatoms. The molecule has 1 N–H and O–H groups in total. The van der Waals surface area contributed by atoms with E-state index in [1.54, 1.807) is 11.3 Å². The van der Waals surface area contributed by atoms with Crippen molar-refractivity contribution < 1.29 is 5.11 Å². The Morgan fingerprint density at radius 2 is 1.76 bits per heavy atom. The largest absolute Gasteiger partial charge is 0.378 e. The number of aliphatic hydroxyl groups is 1. The summed E-state index contributed by atoms with van der Waals surface area (Å²) in [5.74, 6) is 0. The van der Waals surface area contributed by atoms with Gasteiger partial charge in [-0.25, -0.2) is 4.98 Å². The fourth-order valence-corrected chi connectivity index (χ4v) is 4.29. The van der Waals surface area contributed by atoms with Crippen molar-refractivity contribution in [3.8, 4) is 0 Å². The predicted molar refractivity (Wildman–Crippen MR) is 106 cm³/mol. The highest BCUT2D eigenvalue weighted by atomic mass is 32.1. The van der Waals surface area contributed by atoms with Crippen molar-refractivity contribution in [2.24, 2.45) is 0 Å². The van der Waals surface area contributed by atoms with Gasteiger partial charge < -0.3 is 5.11 Å². The maximum Gasteiger partial charge on any atom is 0.141 e. The number of hydrogen-bond donors (Lipinski definition) is 1. The molecule has 2 nitrogen and oxygen atoms in total. The first-order valence-electron chi connectivity index (χ1n) is 8.39. The number of benzene rings is 3. The van der Waals surface area contributed by atoms with Crippen molar-refractivity contribution in [2.45, 2.75) is 18.4 Å². The molecule has 3 aromatic carbocycles. The lowest BCUT2D eigenvalue weighted by Crippen LogP contribution is -2.27. The molecule has 1 unspecified atom stereocenters. The Kier molecular flexibility index (Phi) is 4.12. The number of aromatic nitrogens is 1. The Morgan fingerprint density at radius 3 is 2.56 bits per heavy atom. The van der Waals surface area contributed by atoms with E-state index in [0.29, 0.717) is 6.42 Å². The van der Waals surface area contributed by atoms with Gasteiger partial charge in [-0.1, -0.05) is 54.6 Å². The second kappa shape index (κ2) is 6.43. The van der Waals surface area contributed by atoms with Crippen LogP contribution in [0.15, 0.2) is 79.4 Å². The molecule has 0 amide bonds. The molecule has 0 aliphatic rings. The van der Waals surface area contributed by atoms with Crippen LogP contribution >= 0.6 is 11.3 Å². The summed E-state index contributed by atoms with van der Waals surface area (Å²) in [5.41, 5.74) is 0.703. The maximum absolute atomic E-state index is 11.6. The van der Waals surface area contributed by atoms with E-state index in [-0.39, 0.29) is 0 Å². The van der Waals surface area contributed by atoms with Crippen molar-refractivity contribution in [2.75, 3.05) is 0 Å². The third-order valence-corrected chi connectivity index (χ3v) is 5.77. The van der Waals surface area contributed by atoms with E-state index in [0.717, 1.165) is 32.6 Å². The molecule has 0 saturated carbocycles. The van der Waals surface area contributed by atoms with Gasteiger partial charge >= 0.3 is 0 Å². The van der Waals surface area contributed by atoms with Gasteiger partial charge in [0.2, 0.25) is 0 Å². The van der Waals surface area contributed by atoms with Crippen LogP contribution in [0.5, 0.6) is 0 Å². The van der Waals surface area contributed by atoms with Crippen LogP contribution < -0.4 is 0 Å². The van der Waals surface area contributed by atoms with E-state index < -0.39 is 5.60 Å². The lowest BCUT2D eigenvalue weighted by atomic mass is 9.88. The van der Waals surface area contributed by atoms with Crippen LogP contribution in [0.25, 0.3) is 21.0 Å². The van der Waals surface area contributed by atoms with E-state index in [9.17, 15) is 5.11 Å². The first-order chi connectivity index (χ1) is 12.2. The molecule has 1 atom stereocenters. The van der Waals surface area contributed by atoms with E-state index in [1.165, 1.54) is 5.39 Å². The minimum Gasteiger partial charge on any atom is -0.378 e. The first-order valence-corrected chi connectivity index (χ1v) is 9.21. The van der Waals surface area contributed by atoms with Crippen LogP contribution in [0.4, 0.5) is 0 Å². The Morgan fingerprint density at radius 1 is 1.00 bits per heavy atom. The van der Waals surface area contributed by atoms with Gasteiger partial charge in [-0.05, 0) is 47.4 Å². The van der Waals surface area contributed by atoms with Crippen molar-refractivity contribution in [1.29, 1.82) is 0 Å². The first kappa shape index (κ1) is 16.0. The Balaban J connectivity index is 1.88. The molecule has 0 aliphatic heterocycles. The molecule has 124 valence electrons.